The van der Waals surface area contributed by atoms with E-state index in [0.29, 0.717) is 17.2 Å². The Morgan fingerprint density at radius 3 is 2.61 bits per heavy atom. The van der Waals surface area contributed by atoms with E-state index in [0.717, 1.165) is 24.1 Å². The SMILES string of the molecule is O=C(c1ccccc1)[C@H]1[C@H]2C(=O)N(C[C@@H]3CCCO3)C(=O)[C@@H]2[C@H]2C=Cc3cc(Cl)ccc3N21. The summed E-state index contributed by atoms with van der Waals surface area (Å²) in [6.45, 7) is 0.918. The minimum Gasteiger partial charge on any atom is -0.376 e. The van der Waals surface area contributed by atoms with Crippen molar-refractivity contribution >= 4 is 41.0 Å². The number of benzene rings is 2. The maximum atomic E-state index is 13.8. The maximum Gasteiger partial charge on any atom is 0.235 e. The molecule has 5 atom stereocenters. The highest BCUT2D eigenvalue weighted by atomic mass is 35.5. The van der Waals surface area contributed by atoms with E-state index in [9.17, 15) is 14.4 Å². The first-order valence-corrected chi connectivity index (χ1v) is 11.7. The summed E-state index contributed by atoms with van der Waals surface area (Å²) < 4.78 is 5.69. The lowest BCUT2D eigenvalue weighted by atomic mass is 9.86. The quantitative estimate of drug-likeness (QED) is 0.513. The largest absolute Gasteiger partial charge is 0.376 e. The number of ketones is 1. The van der Waals surface area contributed by atoms with Gasteiger partial charge in [0.15, 0.2) is 5.78 Å². The Morgan fingerprint density at radius 1 is 1.06 bits per heavy atom. The molecule has 0 aromatic heterocycles. The minimum absolute atomic E-state index is 0.124. The summed E-state index contributed by atoms with van der Waals surface area (Å²) in [6.07, 6.45) is 5.52. The molecule has 0 spiro atoms. The second kappa shape index (κ2) is 7.82. The van der Waals surface area contributed by atoms with E-state index < -0.39 is 17.9 Å². The molecule has 0 bridgehead atoms. The number of carbonyl (C=O) groups is 3. The lowest BCUT2D eigenvalue weighted by Gasteiger charge is -2.36. The van der Waals surface area contributed by atoms with Crippen LogP contribution in [0.15, 0.2) is 54.6 Å². The highest BCUT2D eigenvalue weighted by Crippen LogP contribution is 2.49. The van der Waals surface area contributed by atoms with E-state index in [1.54, 1.807) is 18.2 Å². The van der Waals surface area contributed by atoms with Crippen LogP contribution >= 0.6 is 11.6 Å². The van der Waals surface area contributed by atoms with Crippen molar-refractivity contribution in [2.45, 2.75) is 31.0 Å². The van der Waals surface area contributed by atoms with Gasteiger partial charge < -0.3 is 9.64 Å². The van der Waals surface area contributed by atoms with Crippen molar-refractivity contribution < 1.29 is 19.1 Å². The van der Waals surface area contributed by atoms with Gasteiger partial charge in [-0.05, 0) is 36.6 Å². The van der Waals surface area contributed by atoms with Gasteiger partial charge in [-0.25, -0.2) is 0 Å². The number of likely N-dealkylation sites (tertiary alicyclic amines) is 1. The molecule has 168 valence electrons. The molecule has 4 aliphatic heterocycles. The highest BCUT2D eigenvalue weighted by Gasteiger charge is 2.64. The second-order valence-electron chi connectivity index (χ2n) is 9.11. The molecule has 33 heavy (non-hydrogen) atoms. The summed E-state index contributed by atoms with van der Waals surface area (Å²) in [5.41, 5.74) is 2.23. The van der Waals surface area contributed by atoms with Crippen LogP contribution < -0.4 is 4.90 Å². The van der Waals surface area contributed by atoms with E-state index >= 15 is 0 Å². The number of fused-ring (bicyclic) bond motifs is 5. The Bertz CT molecular complexity index is 1170. The number of carbonyl (C=O) groups excluding carboxylic acids is 3. The zero-order chi connectivity index (χ0) is 22.7. The van der Waals surface area contributed by atoms with Crippen molar-refractivity contribution in [3.05, 3.63) is 70.8 Å². The molecule has 3 fully saturated rings. The van der Waals surface area contributed by atoms with Crippen LogP contribution in [0, 0.1) is 11.8 Å². The van der Waals surface area contributed by atoms with Crippen molar-refractivity contribution in [3.8, 4) is 0 Å². The standard InChI is InChI=1S/C26H23ClN2O4/c27-17-9-11-19-16(13-17)8-10-20-21-22(23(29(19)20)24(30)15-5-2-1-3-6-15)26(32)28(25(21)31)14-18-7-4-12-33-18/h1-3,5-6,8-11,13,18,20-23H,4,7,12,14H2/t18-,20+,21+,22-,23+/m0/s1. The van der Waals surface area contributed by atoms with Crippen LogP contribution in [-0.4, -0.2) is 53.8 Å². The number of halogens is 1. The van der Waals surface area contributed by atoms with E-state index in [1.165, 1.54) is 4.90 Å². The molecule has 0 N–H and O–H groups in total. The predicted octanol–water partition coefficient (Wildman–Crippen LogP) is 3.59. The molecule has 4 heterocycles. The van der Waals surface area contributed by atoms with Crippen molar-refractivity contribution in [1.29, 1.82) is 0 Å². The zero-order valence-corrected chi connectivity index (χ0v) is 18.6. The molecule has 7 heteroatoms. The highest BCUT2D eigenvalue weighted by molar-refractivity contribution is 6.30. The van der Waals surface area contributed by atoms with Crippen molar-refractivity contribution in [2.75, 3.05) is 18.1 Å². The molecule has 6 nitrogen and oxygen atoms in total. The summed E-state index contributed by atoms with van der Waals surface area (Å²) in [7, 11) is 0. The van der Waals surface area contributed by atoms with Crippen LogP contribution in [-0.2, 0) is 14.3 Å². The molecule has 0 radical (unpaired) electrons. The molecule has 2 aromatic carbocycles. The summed E-state index contributed by atoms with van der Waals surface area (Å²) in [4.78, 5) is 44.4. The normalized spacial score (nSPS) is 29.9. The van der Waals surface area contributed by atoms with Gasteiger partial charge in [-0.15, -0.1) is 0 Å². The summed E-state index contributed by atoms with van der Waals surface area (Å²) in [5.74, 6) is -1.96. The van der Waals surface area contributed by atoms with Crippen molar-refractivity contribution in [1.82, 2.24) is 4.90 Å². The zero-order valence-electron chi connectivity index (χ0n) is 17.9. The predicted molar refractivity (Wildman–Crippen MR) is 124 cm³/mol. The molecular formula is C26H23ClN2O4. The molecule has 2 amide bonds. The third-order valence-electron chi connectivity index (χ3n) is 7.30. The number of Topliss-reactive ketones (excluding diaryl/α,β-unsaturated/α-hetero) is 1. The van der Waals surface area contributed by atoms with Crippen LogP contribution in [0.3, 0.4) is 0 Å². The Hall–Kier alpha value is -2.96. The lowest BCUT2D eigenvalue weighted by molar-refractivity contribution is -0.142. The van der Waals surface area contributed by atoms with Gasteiger partial charge in [0.2, 0.25) is 11.8 Å². The fourth-order valence-corrected chi connectivity index (χ4v) is 6.03. The minimum atomic E-state index is -0.766. The topological polar surface area (TPSA) is 66.9 Å². The molecule has 0 saturated carbocycles. The van der Waals surface area contributed by atoms with Gasteiger partial charge in [0, 0.05) is 22.9 Å². The van der Waals surface area contributed by atoms with E-state index in [2.05, 4.69) is 0 Å². The number of amides is 2. The monoisotopic (exact) mass is 462 g/mol. The van der Waals surface area contributed by atoms with Crippen LogP contribution in [0.5, 0.6) is 0 Å². The number of hydrogen-bond acceptors (Lipinski definition) is 5. The van der Waals surface area contributed by atoms with Gasteiger partial charge in [-0.3, -0.25) is 19.3 Å². The number of rotatable bonds is 4. The van der Waals surface area contributed by atoms with Crippen molar-refractivity contribution in [2.24, 2.45) is 11.8 Å². The third-order valence-corrected chi connectivity index (χ3v) is 7.53. The van der Waals surface area contributed by atoms with Gasteiger partial charge >= 0.3 is 0 Å². The number of anilines is 1. The third kappa shape index (κ3) is 3.15. The van der Waals surface area contributed by atoms with Crippen LogP contribution in [0.2, 0.25) is 5.02 Å². The number of imide groups is 1. The molecule has 0 unspecified atom stereocenters. The van der Waals surface area contributed by atoms with E-state index in [1.807, 2.05) is 47.4 Å². The molecule has 6 rings (SSSR count). The molecule has 3 saturated heterocycles. The Labute approximate surface area is 196 Å². The number of nitrogens with zero attached hydrogens (tertiary/aromatic N) is 2. The fraction of sp³-hybridized carbons (Fsp3) is 0.346. The van der Waals surface area contributed by atoms with Crippen LogP contribution in [0.1, 0.15) is 28.8 Å². The van der Waals surface area contributed by atoms with Gasteiger partial charge in [0.05, 0.1) is 30.5 Å². The molecule has 0 aliphatic carbocycles. The first-order valence-electron chi connectivity index (χ1n) is 11.4. The second-order valence-corrected chi connectivity index (χ2v) is 9.55. The van der Waals surface area contributed by atoms with Crippen LogP contribution in [0.25, 0.3) is 6.08 Å². The first kappa shape index (κ1) is 20.6. The molecular weight excluding hydrogens is 440 g/mol. The summed E-state index contributed by atoms with van der Waals surface area (Å²) in [6, 6.07) is 13.4. The lowest BCUT2D eigenvalue weighted by Crippen LogP contribution is -2.49. The summed E-state index contributed by atoms with van der Waals surface area (Å²) in [5, 5.41) is 0.595. The van der Waals surface area contributed by atoms with Gasteiger partial charge in [-0.1, -0.05) is 54.1 Å². The smallest absolute Gasteiger partial charge is 0.235 e. The maximum absolute atomic E-state index is 13.8. The Morgan fingerprint density at radius 2 is 1.85 bits per heavy atom. The van der Waals surface area contributed by atoms with Gasteiger partial charge in [0.25, 0.3) is 0 Å². The van der Waals surface area contributed by atoms with Gasteiger partial charge in [0.1, 0.15) is 6.04 Å². The number of hydrogen-bond donors (Lipinski definition) is 0. The molecule has 2 aromatic rings. The summed E-state index contributed by atoms with van der Waals surface area (Å²) >= 11 is 6.21. The number of ether oxygens (including phenoxy) is 1. The van der Waals surface area contributed by atoms with E-state index in [-0.39, 0.29) is 36.3 Å². The van der Waals surface area contributed by atoms with Crippen molar-refractivity contribution in [3.63, 3.8) is 0 Å². The van der Waals surface area contributed by atoms with Crippen LogP contribution in [0.4, 0.5) is 5.69 Å². The van der Waals surface area contributed by atoms with E-state index in [4.69, 9.17) is 16.3 Å². The molecule has 4 aliphatic rings. The first-order chi connectivity index (χ1) is 16.0. The fourth-order valence-electron chi connectivity index (χ4n) is 5.85. The Balaban J connectivity index is 1.44. The Kier molecular flexibility index (Phi) is 4.89. The average molecular weight is 463 g/mol. The average Bonchev–Trinajstić information content (AvgIpc) is 3.52. The van der Waals surface area contributed by atoms with Gasteiger partial charge in [-0.2, -0.15) is 0 Å².